The number of rotatable bonds is 4. The maximum Gasteiger partial charge on any atom is 0.122 e. The average molecular weight is 204 g/mol. The summed E-state index contributed by atoms with van der Waals surface area (Å²) in [5, 5.41) is 0. The van der Waals surface area contributed by atoms with Gasteiger partial charge in [-0.15, -0.1) is 0 Å². The first-order valence-corrected chi connectivity index (χ1v) is 6.13. The quantitative estimate of drug-likeness (QED) is 0.729. The molecule has 1 aromatic carbocycles. The van der Waals surface area contributed by atoms with Gasteiger partial charge in [-0.2, -0.15) is 0 Å². The Balaban J connectivity index is 2.34. The number of hydrogen-bond donors (Lipinski definition) is 0. The lowest BCUT2D eigenvalue weighted by Crippen LogP contribution is -1.98. The second kappa shape index (κ2) is 4.69. The minimum absolute atomic E-state index is 0.877. The van der Waals surface area contributed by atoms with Crippen molar-refractivity contribution in [3.63, 3.8) is 0 Å². The number of ether oxygens (including phenoxy) is 1. The van der Waals surface area contributed by atoms with Gasteiger partial charge in [-0.1, -0.05) is 26.3 Å². The highest BCUT2D eigenvalue weighted by Gasteiger charge is 2.17. The molecule has 0 fully saturated rings. The fourth-order valence-electron chi connectivity index (χ4n) is 2.39. The van der Waals surface area contributed by atoms with Crippen LogP contribution in [0.4, 0.5) is 0 Å². The van der Waals surface area contributed by atoms with E-state index < -0.39 is 0 Å². The third-order valence-electron chi connectivity index (χ3n) is 3.26. The van der Waals surface area contributed by atoms with Crippen LogP contribution in [0.25, 0.3) is 0 Å². The van der Waals surface area contributed by atoms with Gasteiger partial charge < -0.3 is 4.74 Å². The van der Waals surface area contributed by atoms with Crippen molar-refractivity contribution in [2.45, 2.75) is 46.0 Å². The van der Waals surface area contributed by atoms with E-state index in [-0.39, 0.29) is 0 Å². The van der Waals surface area contributed by atoms with Crippen LogP contribution in [-0.4, -0.2) is 6.61 Å². The third-order valence-corrected chi connectivity index (χ3v) is 3.26. The van der Waals surface area contributed by atoms with Gasteiger partial charge in [0, 0.05) is 12.0 Å². The van der Waals surface area contributed by atoms with Crippen molar-refractivity contribution in [3.05, 3.63) is 28.8 Å². The van der Waals surface area contributed by atoms with Gasteiger partial charge in [0.05, 0.1) is 6.61 Å². The number of benzene rings is 1. The Kier molecular flexibility index (Phi) is 3.30. The van der Waals surface area contributed by atoms with Gasteiger partial charge in [0.25, 0.3) is 0 Å². The minimum atomic E-state index is 0.877. The van der Waals surface area contributed by atoms with Crippen LogP contribution in [0.5, 0.6) is 5.75 Å². The van der Waals surface area contributed by atoms with Crippen LogP contribution in [0.2, 0.25) is 0 Å². The molecule has 1 nitrogen and oxygen atoms in total. The third kappa shape index (κ3) is 2.01. The van der Waals surface area contributed by atoms with Crippen molar-refractivity contribution < 1.29 is 4.74 Å². The van der Waals surface area contributed by atoms with E-state index in [4.69, 9.17) is 4.74 Å². The van der Waals surface area contributed by atoms with Gasteiger partial charge in [-0.3, -0.25) is 0 Å². The summed E-state index contributed by atoms with van der Waals surface area (Å²) >= 11 is 0. The Labute approximate surface area is 92.5 Å². The molecule has 0 N–H and O–H groups in total. The van der Waals surface area contributed by atoms with Gasteiger partial charge in [-0.25, -0.2) is 0 Å². The molecule has 82 valence electrons. The SMILES string of the molecule is CCCCc1c(CC)ccc2c1CCO2. The van der Waals surface area contributed by atoms with Crippen LogP contribution in [0.3, 0.4) is 0 Å². The lowest BCUT2D eigenvalue weighted by Gasteiger charge is -2.12. The van der Waals surface area contributed by atoms with Gasteiger partial charge in [0.15, 0.2) is 0 Å². The van der Waals surface area contributed by atoms with Crippen molar-refractivity contribution >= 4 is 0 Å². The Bertz CT molecular complexity index is 341. The fourth-order valence-corrected chi connectivity index (χ4v) is 2.39. The molecule has 1 heterocycles. The normalized spacial score (nSPS) is 13.7. The molecule has 0 aromatic heterocycles. The highest BCUT2D eigenvalue weighted by Crippen LogP contribution is 2.31. The second-order valence-electron chi connectivity index (χ2n) is 4.24. The molecule has 1 aliphatic heterocycles. The Hall–Kier alpha value is -0.980. The zero-order valence-corrected chi connectivity index (χ0v) is 9.81. The molecule has 0 aliphatic carbocycles. The largest absolute Gasteiger partial charge is 0.493 e. The average Bonchev–Trinajstić information content (AvgIpc) is 2.73. The molecule has 0 amide bonds. The minimum Gasteiger partial charge on any atom is -0.493 e. The van der Waals surface area contributed by atoms with Crippen LogP contribution >= 0.6 is 0 Å². The van der Waals surface area contributed by atoms with Crippen LogP contribution in [0, 0.1) is 0 Å². The smallest absolute Gasteiger partial charge is 0.122 e. The molecular weight excluding hydrogens is 184 g/mol. The molecule has 1 aromatic rings. The highest BCUT2D eigenvalue weighted by molar-refractivity contribution is 5.47. The Morgan fingerprint density at radius 1 is 1.27 bits per heavy atom. The van der Waals surface area contributed by atoms with Gasteiger partial charge in [0.2, 0.25) is 0 Å². The summed E-state index contributed by atoms with van der Waals surface area (Å²) < 4.78 is 5.62. The molecule has 1 aliphatic rings. The molecule has 0 atom stereocenters. The first-order chi connectivity index (χ1) is 7.36. The van der Waals surface area contributed by atoms with E-state index in [1.807, 2.05) is 0 Å². The zero-order chi connectivity index (χ0) is 10.7. The summed E-state index contributed by atoms with van der Waals surface area (Å²) in [6.45, 7) is 5.37. The molecule has 2 rings (SSSR count). The van der Waals surface area contributed by atoms with Crippen molar-refractivity contribution in [2.24, 2.45) is 0 Å². The predicted molar refractivity (Wildman–Crippen MR) is 63.6 cm³/mol. The first kappa shape index (κ1) is 10.5. The summed E-state index contributed by atoms with van der Waals surface area (Å²) in [6, 6.07) is 4.39. The molecule has 0 bridgehead atoms. The van der Waals surface area contributed by atoms with Crippen molar-refractivity contribution in [3.8, 4) is 5.75 Å². The van der Waals surface area contributed by atoms with Gasteiger partial charge >= 0.3 is 0 Å². The van der Waals surface area contributed by atoms with E-state index in [9.17, 15) is 0 Å². The molecule has 0 unspecified atom stereocenters. The molecule has 0 saturated carbocycles. The monoisotopic (exact) mass is 204 g/mol. The van der Waals surface area contributed by atoms with Crippen LogP contribution in [0.15, 0.2) is 12.1 Å². The van der Waals surface area contributed by atoms with Crippen molar-refractivity contribution in [1.29, 1.82) is 0 Å². The summed E-state index contributed by atoms with van der Waals surface area (Å²) in [4.78, 5) is 0. The van der Waals surface area contributed by atoms with Crippen molar-refractivity contribution in [2.75, 3.05) is 6.61 Å². The van der Waals surface area contributed by atoms with E-state index in [1.54, 1.807) is 5.56 Å². The maximum atomic E-state index is 5.62. The number of unbranched alkanes of at least 4 members (excludes halogenated alkanes) is 1. The topological polar surface area (TPSA) is 9.23 Å². The summed E-state index contributed by atoms with van der Waals surface area (Å²) in [6.07, 6.45) is 6.05. The highest BCUT2D eigenvalue weighted by atomic mass is 16.5. The number of hydrogen-bond acceptors (Lipinski definition) is 1. The van der Waals surface area contributed by atoms with Crippen LogP contribution in [-0.2, 0) is 19.3 Å². The van der Waals surface area contributed by atoms with Gasteiger partial charge in [-0.05, 0) is 36.5 Å². The lowest BCUT2D eigenvalue weighted by atomic mass is 9.93. The summed E-state index contributed by atoms with van der Waals surface area (Å²) in [5.41, 5.74) is 4.59. The standard InChI is InChI=1S/C14H20O/c1-3-5-6-12-11(4-2)7-8-14-13(12)9-10-15-14/h7-8H,3-6,9-10H2,1-2H3. The molecule has 0 radical (unpaired) electrons. The number of aryl methyl sites for hydroxylation is 1. The predicted octanol–water partition coefficient (Wildman–Crippen LogP) is 3.53. The Morgan fingerprint density at radius 3 is 2.87 bits per heavy atom. The summed E-state index contributed by atoms with van der Waals surface area (Å²) in [5.74, 6) is 1.14. The molecule has 1 heteroatoms. The van der Waals surface area contributed by atoms with E-state index in [0.717, 1.165) is 25.2 Å². The molecule has 0 saturated heterocycles. The Morgan fingerprint density at radius 2 is 2.13 bits per heavy atom. The lowest BCUT2D eigenvalue weighted by molar-refractivity contribution is 0.357. The molecule has 0 spiro atoms. The fraction of sp³-hybridized carbons (Fsp3) is 0.571. The van der Waals surface area contributed by atoms with Crippen LogP contribution in [0.1, 0.15) is 43.4 Å². The van der Waals surface area contributed by atoms with E-state index in [1.165, 1.54) is 30.4 Å². The summed E-state index contributed by atoms with van der Waals surface area (Å²) in [7, 11) is 0. The maximum absolute atomic E-state index is 5.62. The van der Waals surface area contributed by atoms with E-state index in [2.05, 4.69) is 26.0 Å². The van der Waals surface area contributed by atoms with E-state index >= 15 is 0 Å². The van der Waals surface area contributed by atoms with Crippen molar-refractivity contribution in [1.82, 2.24) is 0 Å². The molecular formula is C14H20O. The first-order valence-electron chi connectivity index (χ1n) is 6.13. The second-order valence-corrected chi connectivity index (χ2v) is 4.24. The number of fused-ring (bicyclic) bond motifs is 1. The van der Waals surface area contributed by atoms with Gasteiger partial charge in [0.1, 0.15) is 5.75 Å². The zero-order valence-electron chi connectivity index (χ0n) is 9.81. The van der Waals surface area contributed by atoms with E-state index in [0.29, 0.717) is 0 Å². The molecule has 15 heavy (non-hydrogen) atoms. The van der Waals surface area contributed by atoms with Crippen LogP contribution < -0.4 is 4.74 Å².